The first-order valence-corrected chi connectivity index (χ1v) is 8.59. The van der Waals surface area contributed by atoms with Crippen LogP contribution < -0.4 is 0 Å². The van der Waals surface area contributed by atoms with Gasteiger partial charge in [0, 0.05) is 15.4 Å². The molecule has 0 saturated heterocycles. The number of furan rings is 1. The van der Waals surface area contributed by atoms with E-state index < -0.39 is 0 Å². The van der Waals surface area contributed by atoms with Gasteiger partial charge in [0.1, 0.15) is 11.3 Å². The van der Waals surface area contributed by atoms with Crippen LogP contribution in [0.2, 0.25) is 0 Å². The molecule has 124 valence electrons. The topological polar surface area (TPSA) is 56.2 Å². The Morgan fingerprint density at radius 3 is 2.68 bits per heavy atom. The van der Waals surface area contributed by atoms with Crippen LogP contribution in [0, 0.1) is 13.8 Å². The van der Waals surface area contributed by atoms with E-state index in [1.807, 2.05) is 49.4 Å². The van der Waals surface area contributed by atoms with Gasteiger partial charge < -0.3 is 8.83 Å². The van der Waals surface area contributed by atoms with Gasteiger partial charge in [-0.15, -0.1) is 0 Å². The number of aromatic nitrogens is 1. The van der Waals surface area contributed by atoms with Gasteiger partial charge in [0.2, 0.25) is 11.7 Å². The van der Waals surface area contributed by atoms with E-state index >= 15 is 0 Å². The first-order valence-electron chi connectivity index (χ1n) is 7.79. The molecule has 0 aliphatic carbocycles. The van der Waals surface area contributed by atoms with Gasteiger partial charge >= 0.3 is 0 Å². The molecule has 2 heterocycles. The van der Waals surface area contributed by atoms with Crippen molar-refractivity contribution in [2.75, 3.05) is 0 Å². The molecule has 4 aromatic rings. The number of nitrogens with zero attached hydrogens (tertiary/aromatic N) is 1. The summed E-state index contributed by atoms with van der Waals surface area (Å²) in [7, 11) is 0. The van der Waals surface area contributed by atoms with E-state index in [0.717, 1.165) is 21.0 Å². The number of ketones is 1. The van der Waals surface area contributed by atoms with E-state index in [1.165, 1.54) is 0 Å². The molecule has 0 N–H and O–H groups in total. The van der Waals surface area contributed by atoms with E-state index in [9.17, 15) is 4.79 Å². The van der Waals surface area contributed by atoms with Crippen molar-refractivity contribution < 1.29 is 13.6 Å². The fraction of sp³-hybridized carbons (Fsp3) is 0.100. The van der Waals surface area contributed by atoms with E-state index in [2.05, 4.69) is 20.9 Å². The number of rotatable bonds is 3. The van der Waals surface area contributed by atoms with Crippen molar-refractivity contribution in [2.24, 2.45) is 0 Å². The highest BCUT2D eigenvalue weighted by Crippen LogP contribution is 2.27. The average Bonchev–Trinajstić information content (AvgIpc) is 3.17. The van der Waals surface area contributed by atoms with E-state index in [0.29, 0.717) is 17.2 Å². The maximum Gasteiger partial charge on any atom is 0.250 e. The first-order chi connectivity index (χ1) is 12.0. The summed E-state index contributed by atoms with van der Waals surface area (Å²) in [5.41, 5.74) is 2.88. The molecule has 0 fully saturated rings. The lowest BCUT2D eigenvalue weighted by Gasteiger charge is -1.96. The fourth-order valence-electron chi connectivity index (χ4n) is 2.75. The van der Waals surface area contributed by atoms with Crippen LogP contribution in [0.4, 0.5) is 0 Å². The lowest BCUT2D eigenvalue weighted by Crippen LogP contribution is -2.02. The molecule has 0 atom stereocenters. The van der Waals surface area contributed by atoms with Gasteiger partial charge in [-0.3, -0.25) is 4.79 Å². The Morgan fingerprint density at radius 1 is 1.04 bits per heavy atom. The van der Waals surface area contributed by atoms with Crippen molar-refractivity contribution in [3.05, 3.63) is 75.8 Å². The van der Waals surface area contributed by atoms with Crippen molar-refractivity contribution in [3.8, 4) is 11.5 Å². The van der Waals surface area contributed by atoms with Crippen LogP contribution in [0.25, 0.3) is 22.4 Å². The van der Waals surface area contributed by atoms with Gasteiger partial charge in [-0.25, -0.2) is 4.98 Å². The number of halogens is 1. The number of oxazole rings is 1. The lowest BCUT2D eigenvalue weighted by molar-refractivity contribution is 0.101. The van der Waals surface area contributed by atoms with Crippen LogP contribution in [0.3, 0.4) is 0 Å². The smallest absolute Gasteiger partial charge is 0.250 e. The standard InChI is InChI=1S/C20H14BrNO3/c1-11-4-3-5-13(8-11)20-22-18(12(2)24-20)19(23)17-10-14-9-15(21)6-7-16(14)25-17/h3-10H,1-2H3. The minimum atomic E-state index is -0.285. The summed E-state index contributed by atoms with van der Waals surface area (Å²) < 4.78 is 12.3. The molecule has 0 bridgehead atoms. The molecular weight excluding hydrogens is 382 g/mol. The Kier molecular flexibility index (Phi) is 3.81. The third-order valence-corrected chi connectivity index (χ3v) is 4.47. The quantitative estimate of drug-likeness (QED) is 0.417. The number of hydrogen-bond acceptors (Lipinski definition) is 4. The fourth-order valence-corrected chi connectivity index (χ4v) is 3.13. The van der Waals surface area contributed by atoms with Crippen LogP contribution in [0.5, 0.6) is 0 Å². The highest BCUT2D eigenvalue weighted by molar-refractivity contribution is 9.10. The van der Waals surface area contributed by atoms with E-state index in [-0.39, 0.29) is 17.2 Å². The Hall–Kier alpha value is -2.66. The highest BCUT2D eigenvalue weighted by atomic mass is 79.9. The van der Waals surface area contributed by atoms with Crippen molar-refractivity contribution in [2.45, 2.75) is 13.8 Å². The zero-order valence-electron chi connectivity index (χ0n) is 13.7. The maximum absolute atomic E-state index is 12.8. The second-order valence-corrected chi connectivity index (χ2v) is 6.83. The number of hydrogen-bond donors (Lipinski definition) is 0. The molecule has 25 heavy (non-hydrogen) atoms. The monoisotopic (exact) mass is 395 g/mol. The molecule has 4 rings (SSSR count). The van der Waals surface area contributed by atoms with Gasteiger partial charge in [-0.05, 0) is 50.2 Å². The van der Waals surface area contributed by atoms with Crippen molar-refractivity contribution in [1.29, 1.82) is 0 Å². The number of carbonyl (C=O) groups is 1. The number of carbonyl (C=O) groups excluding carboxylic acids is 1. The van der Waals surface area contributed by atoms with Crippen LogP contribution in [-0.2, 0) is 0 Å². The van der Waals surface area contributed by atoms with Crippen LogP contribution in [0.1, 0.15) is 27.6 Å². The van der Waals surface area contributed by atoms with Crippen molar-refractivity contribution in [1.82, 2.24) is 4.98 Å². The van der Waals surface area contributed by atoms with Gasteiger partial charge in [-0.1, -0.05) is 33.6 Å². The largest absolute Gasteiger partial charge is 0.453 e. The Morgan fingerprint density at radius 2 is 1.88 bits per heavy atom. The lowest BCUT2D eigenvalue weighted by atomic mass is 10.1. The summed E-state index contributed by atoms with van der Waals surface area (Å²) >= 11 is 3.42. The SMILES string of the molecule is Cc1cccc(-c2nc(C(=O)c3cc4cc(Br)ccc4o3)c(C)o2)c1. The molecule has 5 heteroatoms. The van der Waals surface area contributed by atoms with Crippen LogP contribution in [0.15, 0.2) is 61.8 Å². The second-order valence-electron chi connectivity index (χ2n) is 5.92. The molecule has 0 spiro atoms. The molecule has 2 aromatic heterocycles. The van der Waals surface area contributed by atoms with Crippen LogP contribution in [-0.4, -0.2) is 10.8 Å². The molecule has 0 unspecified atom stereocenters. The Labute approximate surface area is 152 Å². The number of aryl methyl sites for hydroxylation is 2. The summed E-state index contributed by atoms with van der Waals surface area (Å²) in [6.45, 7) is 3.73. The van der Waals surface area contributed by atoms with Crippen molar-refractivity contribution in [3.63, 3.8) is 0 Å². The zero-order valence-corrected chi connectivity index (χ0v) is 15.3. The molecule has 0 aliphatic rings. The molecule has 0 radical (unpaired) electrons. The van der Waals surface area contributed by atoms with Gasteiger partial charge in [0.25, 0.3) is 0 Å². The Balaban J connectivity index is 1.74. The summed E-state index contributed by atoms with van der Waals surface area (Å²) in [4.78, 5) is 17.2. The molecule has 0 amide bonds. The number of fused-ring (bicyclic) bond motifs is 1. The molecule has 4 nitrogen and oxygen atoms in total. The van der Waals surface area contributed by atoms with E-state index in [4.69, 9.17) is 8.83 Å². The predicted molar refractivity (Wildman–Crippen MR) is 98.8 cm³/mol. The van der Waals surface area contributed by atoms with E-state index in [1.54, 1.807) is 13.0 Å². The van der Waals surface area contributed by atoms with Crippen LogP contribution >= 0.6 is 15.9 Å². The molecule has 0 aliphatic heterocycles. The van der Waals surface area contributed by atoms with Gasteiger partial charge in [0.05, 0.1) is 0 Å². The minimum Gasteiger partial charge on any atom is -0.453 e. The van der Waals surface area contributed by atoms with Gasteiger partial charge in [-0.2, -0.15) is 0 Å². The third kappa shape index (κ3) is 2.91. The molecule has 2 aromatic carbocycles. The summed E-state index contributed by atoms with van der Waals surface area (Å²) in [6.07, 6.45) is 0. The molecular formula is C20H14BrNO3. The third-order valence-electron chi connectivity index (χ3n) is 3.98. The average molecular weight is 396 g/mol. The summed E-state index contributed by atoms with van der Waals surface area (Å²) in [5.74, 6) is 0.874. The summed E-state index contributed by atoms with van der Waals surface area (Å²) in [6, 6.07) is 15.1. The predicted octanol–water partition coefficient (Wildman–Crippen LogP) is 5.70. The minimum absolute atomic E-state index is 0.250. The summed E-state index contributed by atoms with van der Waals surface area (Å²) in [5, 5.41) is 0.859. The molecule has 0 saturated carbocycles. The van der Waals surface area contributed by atoms with Gasteiger partial charge in [0.15, 0.2) is 11.5 Å². The van der Waals surface area contributed by atoms with Crippen molar-refractivity contribution >= 4 is 32.7 Å². The second kappa shape index (κ2) is 6.01. The first kappa shape index (κ1) is 15.8. The highest BCUT2D eigenvalue weighted by Gasteiger charge is 2.22. The maximum atomic E-state index is 12.8. The normalized spacial score (nSPS) is 11.2. The Bertz CT molecular complexity index is 1110. The number of benzene rings is 2. The zero-order chi connectivity index (χ0) is 17.6.